The van der Waals surface area contributed by atoms with E-state index in [2.05, 4.69) is 34.4 Å². The Bertz CT molecular complexity index is 497. The first-order valence-corrected chi connectivity index (χ1v) is 6.90. The van der Waals surface area contributed by atoms with Gasteiger partial charge in [-0.1, -0.05) is 13.8 Å². The van der Waals surface area contributed by atoms with Crippen LogP contribution in [0, 0.1) is 0 Å². The van der Waals surface area contributed by atoms with Gasteiger partial charge >= 0.3 is 0 Å². The van der Waals surface area contributed by atoms with Crippen LogP contribution in [-0.4, -0.2) is 14.5 Å². The maximum Gasteiger partial charge on any atom is 0.138 e. The van der Waals surface area contributed by atoms with Crippen molar-refractivity contribution < 1.29 is 0 Å². The van der Waals surface area contributed by atoms with Gasteiger partial charge in [0.25, 0.3) is 0 Å². The lowest BCUT2D eigenvalue weighted by atomic mass is 10.2. The number of hydrogen-bond acceptors (Lipinski definition) is 2. The Morgan fingerprint density at radius 3 is 2.78 bits per heavy atom. The number of rotatable bonds is 5. The third-order valence-corrected chi connectivity index (χ3v) is 3.19. The molecule has 0 N–H and O–H groups in total. The molecule has 96 valence electrons. The molecule has 2 aromatic rings. The lowest BCUT2D eigenvalue weighted by molar-refractivity contribution is 0.793. The first-order valence-electron chi connectivity index (χ1n) is 6.36. The number of alkyl halides is 1. The number of halogens is 1. The van der Waals surface area contributed by atoms with E-state index in [0.29, 0.717) is 5.88 Å². The molecule has 0 fully saturated rings. The largest absolute Gasteiger partial charge is 0.288 e. The Morgan fingerprint density at radius 2 is 2.11 bits per heavy atom. The lowest BCUT2D eigenvalue weighted by Gasteiger charge is -2.09. The van der Waals surface area contributed by atoms with Gasteiger partial charge in [-0.25, -0.2) is 9.97 Å². The Kier molecular flexibility index (Phi) is 4.37. The maximum atomic E-state index is 5.94. The molecule has 0 bridgehead atoms. The average molecular weight is 264 g/mol. The summed E-state index contributed by atoms with van der Waals surface area (Å²) in [4.78, 5) is 9.03. The van der Waals surface area contributed by atoms with E-state index in [1.165, 1.54) is 0 Å². The molecule has 0 aliphatic heterocycles. The molecule has 0 radical (unpaired) electrons. The fourth-order valence-corrected chi connectivity index (χ4v) is 2.12. The molecule has 0 spiro atoms. The third-order valence-electron chi connectivity index (χ3n) is 2.88. The third kappa shape index (κ3) is 2.72. The van der Waals surface area contributed by atoms with Gasteiger partial charge in [-0.3, -0.25) is 4.57 Å². The number of pyridine rings is 1. The van der Waals surface area contributed by atoms with Gasteiger partial charge in [0.05, 0.1) is 0 Å². The van der Waals surface area contributed by atoms with Crippen LogP contribution in [0.15, 0.2) is 24.5 Å². The molecule has 2 aromatic heterocycles. The molecule has 0 saturated carbocycles. The van der Waals surface area contributed by atoms with Crippen LogP contribution < -0.4 is 0 Å². The highest BCUT2D eigenvalue weighted by Gasteiger charge is 2.07. The molecular weight excluding hydrogens is 246 g/mol. The molecule has 0 aromatic carbocycles. The van der Waals surface area contributed by atoms with Crippen LogP contribution >= 0.6 is 11.6 Å². The summed E-state index contributed by atoms with van der Waals surface area (Å²) in [6.07, 6.45) is 6.74. The highest BCUT2D eigenvalue weighted by Crippen LogP contribution is 2.15. The standard InChI is InChI=1S/C14H18ClN3/c1-3-5-13-16-6-7-18(13)14-9-11(10-15)8-12(4-2)17-14/h6-9H,3-5,10H2,1-2H3. The molecule has 0 amide bonds. The van der Waals surface area contributed by atoms with E-state index in [4.69, 9.17) is 11.6 Å². The summed E-state index contributed by atoms with van der Waals surface area (Å²) in [7, 11) is 0. The second-order valence-corrected chi connectivity index (χ2v) is 4.54. The second-order valence-electron chi connectivity index (χ2n) is 4.28. The van der Waals surface area contributed by atoms with Gasteiger partial charge in [0, 0.05) is 30.4 Å². The van der Waals surface area contributed by atoms with Crippen molar-refractivity contribution in [2.45, 2.75) is 39.0 Å². The van der Waals surface area contributed by atoms with E-state index in [9.17, 15) is 0 Å². The van der Waals surface area contributed by atoms with E-state index < -0.39 is 0 Å². The molecule has 0 atom stereocenters. The van der Waals surface area contributed by atoms with Crippen LogP contribution in [-0.2, 0) is 18.7 Å². The Balaban J connectivity index is 2.45. The van der Waals surface area contributed by atoms with Crippen molar-refractivity contribution in [2.75, 3.05) is 0 Å². The number of hydrogen-bond donors (Lipinski definition) is 0. The van der Waals surface area contributed by atoms with Crippen molar-refractivity contribution in [2.24, 2.45) is 0 Å². The number of nitrogens with zero attached hydrogens (tertiary/aromatic N) is 3. The Morgan fingerprint density at radius 1 is 1.28 bits per heavy atom. The van der Waals surface area contributed by atoms with Crippen LogP contribution in [0.25, 0.3) is 5.82 Å². The molecule has 4 heteroatoms. The van der Waals surface area contributed by atoms with E-state index >= 15 is 0 Å². The van der Waals surface area contributed by atoms with Gasteiger partial charge in [0.1, 0.15) is 11.6 Å². The fraction of sp³-hybridized carbons (Fsp3) is 0.429. The molecule has 0 aliphatic carbocycles. The monoisotopic (exact) mass is 263 g/mol. The summed E-state index contributed by atoms with van der Waals surface area (Å²) in [6.45, 7) is 4.25. The molecule has 2 rings (SSSR count). The first kappa shape index (κ1) is 13.1. The van der Waals surface area contributed by atoms with Crippen LogP contribution in [0.4, 0.5) is 0 Å². The summed E-state index contributed by atoms with van der Waals surface area (Å²) in [5, 5.41) is 0. The molecule has 0 saturated heterocycles. The van der Waals surface area contributed by atoms with Crippen molar-refractivity contribution in [3.63, 3.8) is 0 Å². The van der Waals surface area contributed by atoms with E-state index in [1.54, 1.807) is 0 Å². The van der Waals surface area contributed by atoms with Gasteiger partial charge in [-0.15, -0.1) is 11.6 Å². The van der Waals surface area contributed by atoms with Crippen molar-refractivity contribution >= 4 is 11.6 Å². The van der Waals surface area contributed by atoms with E-state index in [1.807, 2.05) is 18.5 Å². The van der Waals surface area contributed by atoms with E-state index in [0.717, 1.165) is 42.2 Å². The van der Waals surface area contributed by atoms with Crippen molar-refractivity contribution in [3.8, 4) is 5.82 Å². The van der Waals surface area contributed by atoms with Crippen LogP contribution in [0.2, 0.25) is 0 Å². The van der Waals surface area contributed by atoms with Crippen LogP contribution in [0.5, 0.6) is 0 Å². The highest BCUT2D eigenvalue weighted by atomic mass is 35.5. The molecule has 0 aliphatic rings. The zero-order chi connectivity index (χ0) is 13.0. The average Bonchev–Trinajstić information content (AvgIpc) is 2.87. The van der Waals surface area contributed by atoms with Gasteiger partial charge < -0.3 is 0 Å². The lowest BCUT2D eigenvalue weighted by Crippen LogP contribution is -2.05. The summed E-state index contributed by atoms with van der Waals surface area (Å²) in [5.41, 5.74) is 2.17. The second kappa shape index (κ2) is 6.01. The topological polar surface area (TPSA) is 30.7 Å². The van der Waals surface area contributed by atoms with E-state index in [-0.39, 0.29) is 0 Å². The molecule has 18 heavy (non-hydrogen) atoms. The SMILES string of the molecule is CCCc1nccn1-c1cc(CCl)cc(CC)n1. The van der Waals surface area contributed by atoms with Crippen LogP contribution in [0.3, 0.4) is 0 Å². The minimum atomic E-state index is 0.514. The number of imidazole rings is 1. The summed E-state index contributed by atoms with van der Waals surface area (Å²) in [6, 6.07) is 4.10. The Labute approximate surface area is 113 Å². The molecule has 2 heterocycles. The zero-order valence-electron chi connectivity index (χ0n) is 10.9. The van der Waals surface area contributed by atoms with Gasteiger partial charge in [0.2, 0.25) is 0 Å². The minimum absolute atomic E-state index is 0.514. The summed E-state index contributed by atoms with van der Waals surface area (Å²) in [5.74, 6) is 2.49. The normalized spacial score (nSPS) is 10.8. The number of aromatic nitrogens is 3. The molecule has 3 nitrogen and oxygen atoms in total. The quantitative estimate of drug-likeness (QED) is 0.773. The predicted molar refractivity (Wildman–Crippen MR) is 74.3 cm³/mol. The first-order chi connectivity index (χ1) is 8.78. The number of aryl methyl sites for hydroxylation is 2. The smallest absolute Gasteiger partial charge is 0.138 e. The minimum Gasteiger partial charge on any atom is -0.288 e. The van der Waals surface area contributed by atoms with Crippen LogP contribution in [0.1, 0.15) is 37.4 Å². The van der Waals surface area contributed by atoms with Crippen molar-refractivity contribution in [1.29, 1.82) is 0 Å². The van der Waals surface area contributed by atoms with Gasteiger partial charge in [0.15, 0.2) is 0 Å². The van der Waals surface area contributed by atoms with Gasteiger partial charge in [-0.05, 0) is 30.5 Å². The van der Waals surface area contributed by atoms with Crippen molar-refractivity contribution in [1.82, 2.24) is 14.5 Å². The maximum absolute atomic E-state index is 5.94. The predicted octanol–water partition coefficient (Wildman–Crippen LogP) is 3.52. The zero-order valence-corrected chi connectivity index (χ0v) is 11.6. The highest BCUT2D eigenvalue weighted by molar-refractivity contribution is 6.17. The fourth-order valence-electron chi connectivity index (χ4n) is 1.97. The van der Waals surface area contributed by atoms with Gasteiger partial charge in [-0.2, -0.15) is 0 Å². The van der Waals surface area contributed by atoms with Crippen molar-refractivity contribution in [3.05, 3.63) is 41.6 Å². The summed E-state index contributed by atoms with van der Waals surface area (Å²) < 4.78 is 2.05. The molecular formula is C14H18ClN3. The molecule has 0 unspecified atom stereocenters. The Hall–Kier alpha value is -1.35. The summed E-state index contributed by atoms with van der Waals surface area (Å²) >= 11 is 5.94.